The molecule has 0 fully saturated rings. The molecule has 0 saturated heterocycles. The Kier molecular flexibility index (Phi) is 11.3. The number of nitrogens with two attached hydrogens (primary N) is 3. The van der Waals surface area contributed by atoms with E-state index in [0.717, 1.165) is 27.4 Å². The third kappa shape index (κ3) is 8.61. The van der Waals surface area contributed by atoms with E-state index in [9.17, 15) is 29.4 Å². The molecule has 2 heterocycles. The normalized spacial score (nSPS) is 13.8. The smallest absolute Gasteiger partial charge is 0.326 e. The standard InChI is InChI=1S/C31H39N9O6/c32-21(16-41)27(42)39-25(12-17-14-36-22-8-3-1-6-19(17)22)29(44)40-26(13-18-15-37-23-9-4-2-7-20(18)23)28(43)38-24(30(45)46)10-5-11-35-31(33)34/h1-4,6-9,14-15,21,24-26,36-37,41H,5,10-13,16,32H2,(H,38,43)(H,39,42)(H,40,44)(H,45,46)(H4,33,34,35). The maximum Gasteiger partial charge on any atom is 0.326 e. The van der Waals surface area contributed by atoms with Gasteiger partial charge in [0.1, 0.15) is 24.2 Å². The first kappa shape index (κ1) is 33.5. The highest BCUT2D eigenvalue weighted by Crippen LogP contribution is 2.21. The summed E-state index contributed by atoms with van der Waals surface area (Å²) < 4.78 is 0. The van der Waals surface area contributed by atoms with E-state index < -0.39 is 54.5 Å². The molecule has 4 unspecified atom stereocenters. The molecule has 4 atom stereocenters. The van der Waals surface area contributed by atoms with Gasteiger partial charge in [0.2, 0.25) is 17.7 Å². The van der Waals surface area contributed by atoms with Crippen LogP contribution in [0, 0.1) is 0 Å². The first-order valence-corrected chi connectivity index (χ1v) is 14.7. The van der Waals surface area contributed by atoms with Crippen molar-refractivity contribution in [3.05, 3.63) is 72.1 Å². The van der Waals surface area contributed by atoms with Gasteiger partial charge in [0, 0.05) is 53.6 Å². The molecule has 13 N–H and O–H groups in total. The molecule has 15 nitrogen and oxygen atoms in total. The number of aliphatic hydroxyl groups excluding tert-OH is 1. The molecule has 0 aliphatic heterocycles. The second-order valence-electron chi connectivity index (χ2n) is 10.9. The van der Waals surface area contributed by atoms with Gasteiger partial charge < -0.3 is 53.3 Å². The lowest BCUT2D eigenvalue weighted by molar-refractivity contribution is -0.142. The van der Waals surface area contributed by atoms with Crippen LogP contribution in [0.5, 0.6) is 0 Å². The monoisotopic (exact) mass is 633 g/mol. The number of nitrogens with zero attached hydrogens (tertiary/aromatic N) is 1. The number of carboxylic acid groups (broad SMARTS) is 1. The predicted molar refractivity (Wildman–Crippen MR) is 172 cm³/mol. The minimum absolute atomic E-state index is 0.00579. The van der Waals surface area contributed by atoms with E-state index in [1.54, 1.807) is 12.4 Å². The van der Waals surface area contributed by atoms with Crippen LogP contribution in [-0.2, 0) is 32.0 Å². The average molecular weight is 634 g/mol. The SMILES string of the molecule is NC(N)=NCCCC(NC(=O)C(Cc1c[nH]c2ccccc12)NC(=O)C(Cc1c[nH]c2ccccc12)NC(=O)C(N)CO)C(=O)O. The fraction of sp³-hybridized carbons (Fsp3) is 0.323. The molecule has 2 aromatic carbocycles. The van der Waals surface area contributed by atoms with Crippen molar-refractivity contribution in [3.8, 4) is 0 Å². The number of amides is 3. The molecule has 244 valence electrons. The molecule has 0 radical (unpaired) electrons. The van der Waals surface area contributed by atoms with Gasteiger partial charge >= 0.3 is 5.97 Å². The number of hydrogen-bond acceptors (Lipinski definition) is 7. The molecule has 0 aliphatic carbocycles. The van der Waals surface area contributed by atoms with Gasteiger partial charge in [-0.05, 0) is 36.1 Å². The maximum atomic E-state index is 13.9. The summed E-state index contributed by atoms with van der Waals surface area (Å²) in [6.45, 7) is -0.471. The molecule has 0 bridgehead atoms. The first-order valence-electron chi connectivity index (χ1n) is 14.7. The Morgan fingerprint density at radius 3 is 1.72 bits per heavy atom. The number of rotatable bonds is 16. The van der Waals surface area contributed by atoms with Crippen LogP contribution in [-0.4, -0.2) is 87.2 Å². The van der Waals surface area contributed by atoms with E-state index >= 15 is 0 Å². The Morgan fingerprint density at radius 1 is 0.761 bits per heavy atom. The van der Waals surface area contributed by atoms with Crippen LogP contribution in [0.3, 0.4) is 0 Å². The number of fused-ring (bicyclic) bond motifs is 2. The summed E-state index contributed by atoms with van der Waals surface area (Å²) in [7, 11) is 0. The van der Waals surface area contributed by atoms with Crippen molar-refractivity contribution in [2.45, 2.75) is 49.9 Å². The van der Waals surface area contributed by atoms with Crippen molar-refractivity contribution in [2.75, 3.05) is 13.2 Å². The molecule has 0 spiro atoms. The number of benzene rings is 2. The zero-order valence-electron chi connectivity index (χ0n) is 25.0. The van der Waals surface area contributed by atoms with Crippen molar-refractivity contribution in [2.24, 2.45) is 22.2 Å². The number of aliphatic hydroxyl groups is 1. The quantitative estimate of drug-likeness (QED) is 0.0426. The van der Waals surface area contributed by atoms with E-state index in [4.69, 9.17) is 17.2 Å². The Hall–Kier alpha value is -5.41. The van der Waals surface area contributed by atoms with Gasteiger partial charge in [-0.2, -0.15) is 0 Å². The van der Waals surface area contributed by atoms with E-state index in [1.165, 1.54) is 0 Å². The molecule has 0 aliphatic rings. The number of para-hydroxylation sites is 2. The number of carboxylic acids is 1. The highest BCUT2D eigenvalue weighted by atomic mass is 16.4. The van der Waals surface area contributed by atoms with Gasteiger partial charge in [0.15, 0.2) is 5.96 Å². The van der Waals surface area contributed by atoms with E-state index in [1.807, 2.05) is 48.5 Å². The zero-order chi connectivity index (χ0) is 33.2. The van der Waals surface area contributed by atoms with Crippen molar-refractivity contribution in [1.29, 1.82) is 0 Å². The molecule has 2 aromatic heterocycles. The lowest BCUT2D eigenvalue weighted by atomic mass is 10.0. The van der Waals surface area contributed by atoms with Crippen molar-refractivity contribution in [1.82, 2.24) is 25.9 Å². The van der Waals surface area contributed by atoms with Crippen LogP contribution in [0.2, 0.25) is 0 Å². The number of carbonyl (C=O) groups is 4. The van der Waals surface area contributed by atoms with Gasteiger partial charge in [-0.15, -0.1) is 0 Å². The summed E-state index contributed by atoms with van der Waals surface area (Å²) in [6, 6.07) is 9.84. The summed E-state index contributed by atoms with van der Waals surface area (Å²) in [5.74, 6) is -3.60. The van der Waals surface area contributed by atoms with Crippen LogP contribution < -0.4 is 33.2 Å². The third-order valence-electron chi connectivity index (χ3n) is 7.56. The van der Waals surface area contributed by atoms with Crippen molar-refractivity contribution in [3.63, 3.8) is 0 Å². The lowest BCUT2D eigenvalue weighted by Crippen LogP contribution is -2.58. The number of aliphatic imine (C=N–C) groups is 1. The summed E-state index contributed by atoms with van der Waals surface area (Å²) in [4.78, 5) is 62.4. The molecule has 46 heavy (non-hydrogen) atoms. The number of guanidine groups is 1. The molecule has 4 rings (SSSR count). The van der Waals surface area contributed by atoms with E-state index in [-0.39, 0.29) is 38.2 Å². The van der Waals surface area contributed by atoms with Gasteiger partial charge in [0.05, 0.1) is 6.61 Å². The van der Waals surface area contributed by atoms with Crippen LogP contribution in [0.1, 0.15) is 24.0 Å². The molecule has 3 amide bonds. The average Bonchev–Trinajstić information content (AvgIpc) is 3.65. The number of aromatic nitrogens is 2. The highest BCUT2D eigenvalue weighted by Gasteiger charge is 2.31. The number of nitrogens with one attached hydrogen (secondary N) is 5. The largest absolute Gasteiger partial charge is 0.480 e. The fourth-order valence-electron chi connectivity index (χ4n) is 5.13. The van der Waals surface area contributed by atoms with Crippen molar-refractivity contribution < 1.29 is 29.4 Å². The number of H-pyrrole nitrogens is 2. The molecule has 15 heteroatoms. The second-order valence-corrected chi connectivity index (χ2v) is 10.9. The van der Waals surface area contributed by atoms with Crippen molar-refractivity contribution >= 4 is 51.5 Å². The van der Waals surface area contributed by atoms with Crippen LogP contribution in [0.25, 0.3) is 21.8 Å². The third-order valence-corrected chi connectivity index (χ3v) is 7.56. The van der Waals surface area contributed by atoms with Crippen LogP contribution >= 0.6 is 0 Å². The minimum atomic E-state index is -1.28. The Labute approximate surface area is 264 Å². The Morgan fingerprint density at radius 2 is 1.24 bits per heavy atom. The lowest BCUT2D eigenvalue weighted by Gasteiger charge is -2.25. The zero-order valence-corrected chi connectivity index (χ0v) is 25.0. The summed E-state index contributed by atoms with van der Waals surface area (Å²) in [6.07, 6.45) is 3.78. The van der Waals surface area contributed by atoms with Crippen LogP contribution in [0.4, 0.5) is 0 Å². The van der Waals surface area contributed by atoms with E-state index in [2.05, 4.69) is 30.9 Å². The van der Waals surface area contributed by atoms with Gasteiger partial charge in [0.25, 0.3) is 0 Å². The van der Waals surface area contributed by atoms with Crippen LogP contribution in [0.15, 0.2) is 65.9 Å². The first-order chi connectivity index (χ1) is 22.1. The van der Waals surface area contributed by atoms with Gasteiger partial charge in [-0.1, -0.05) is 36.4 Å². The molecule has 0 saturated carbocycles. The number of aliphatic carboxylic acids is 1. The van der Waals surface area contributed by atoms with Gasteiger partial charge in [-0.3, -0.25) is 19.4 Å². The Bertz CT molecular complexity index is 1710. The number of aromatic amines is 2. The second kappa shape index (κ2) is 15.5. The molecular formula is C31H39N9O6. The minimum Gasteiger partial charge on any atom is -0.480 e. The maximum absolute atomic E-state index is 13.9. The molecule has 4 aromatic rings. The highest BCUT2D eigenvalue weighted by molar-refractivity contribution is 5.95. The van der Waals surface area contributed by atoms with E-state index in [0.29, 0.717) is 5.56 Å². The Balaban J connectivity index is 1.61. The van der Waals surface area contributed by atoms with Gasteiger partial charge in [-0.25, -0.2) is 4.79 Å². The topological polar surface area (TPSA) is 267 Å². The summed E-state index contributed by atoms with van der Waals surface area (Å²) in [5.41, 5.74) is 19.5. The fourth-order valence-corrected chi connectivity index (χ4v) is 5.13. The summed E-state index contributed by atoms with van der Waals surface area (Å²) in [5, 5.41) is 28.7. The summed E-state index contributed by atoms with van der Waals surface area (Å²) >= 11 is 0. The number of hydrogen-bond donors (Lipinski definition) is 10. The predicted octanol–water partition coefficient (Wildman–Crippen LogP) is -0.653. The number of carbonyl (C=O) groups excluding carboxylic acids is 3. The molecular weight excluding hydrogens is 594 g/mol.